The summed E-state index contributed by atoms with van der Waals surface area (Å²) >= 11 is 0. The van der Waals surface area contributed by atoms with Crippen LogP contribution in [0.3, 0.4) is 0 Å². The van der Waals surface area contributed by atoms with Crippen LogP contribution in [0.4, 0.5) is 4.79 Å². The van der Waals surface area contributed by atoms with E-state index in [1.165, 1.54) is 10.8 Å². The van der Waals surface area contributed by atoms with E-state index in [1.807, 2.05) is 13.0 Å². The molecule has 0 aromatic carbocycles. The molecule has 1 fully saturated rings. The van der Waals surface area contributed by atoms with Crippen LogP contribution >= 0.6 is 8.38 Å². The van der Waals surface area contributed by atoms with Crippen molar-refractivity contribution in [2.75, 3.05) is 39.6 Å². The Labute approximate surface area is 204 Å². The van der Waals surface area contributed by atoms with E-state index in [0.717, 1.165) is 0 Å². The summed E-state index contributed by atoms with van der Waals surface area (Å²) in [5, 5.41) is 11.0. The molecular weight excluding hydrogens is 481 g/mol. The van der Waals surface area contributed by atoms with Gasteiger partial charge in [0.2, 0.25) is 6.54 Å². The number of nitrogens with zero attached hydrogens (tertiary/aromatic N) is 3. The highest BCUT2D eigenvalue weighted by atomic mass is 31.2. The van der Waals surface area contributed by atoms with Gasteiger partial charge in [-0.05, 0) is 13.3 Å². The van der Waals surface area contributed by atoms with Gasteiger partial charge in [-0.1, -0.05) is 6.92 Å². The minimum Gasteiger partial charge on any atom is -0.448 e. The molecule has 14 heteroatoms. The summed E-state index contributed by atoms with van der Waals surface area (Å²) < 4.78 is 30.0. The number of aromatic amines is 1. The highest BCUT2D eigenvalue weighted by Gasteiger charge is 2.48. The van der Waals surface area contributed by atoms with Crippen molar-refractivity contribution in [2.45, 2.75) is 51.2 Å². The maximum atomic E-state index is 12.6. The summed E-state index contributed by atoms with van der Waals surface area (Å²) in [6.07, 6.45) is -1.36. The monoisotopic (exact) mass is 511 g/mol. The number of ether oxygens (including phenoxy) is 3. The van der Waals surface area contributed by atoms with Gasteiger partial charge in [0, 0.05) is 25.0 Å². The average molecular weight is 511 g/mol. The molecule has 1 saturated heterocycles. The molecule has 2 N–H and O–H groups in total. The second kappa shape index (κ2) is 14.6. The van der Waals surface area contributed by atoms with Crippen molar-refractivity contribution in [1.29, 1.82) is 5.26 Å². The van der Waals surface area contributed by atoms with Crippen LogP contribution in [0.25, 0.3) is 4.85 Å². The first-order chi connectivity index (χ1) is 16.8. The van der Waals surface area contributed by atoms with Gasteiger partial charge in [-0.15, -0.1) is 0 Å². The number of aromatic nitrogens is 2. The zero-order chi connectivity index (χ0) is 25.8. The second-order valence-electron chi connectivity index (χ2n) is 7.48. The first-order valence-electron chi connectivity index (χ1n) is 11.1. The number of carbonyl (C=O) groups excluding carboxylic acids is 1. The van der Waals surface area contributed by atoms with Crippen molar-refractivity contribution >= 4 is 14.5 Å². The Kier molecular flexibility index (Phi) is 11.8. The number of aryl methyl sites for hydroxylation is 1. The van der Waals surface area contributed by atoms with E-state index in [-0.39, 0.29) is 39.3 Å². The molecule has 5 atom stereocenters. The number of carbonyl (C=O) groups is 1. The number of hydrogen-bond donors (Lipinski definition) is 2. The predicted molar refractivity (Wildman–Crippen MR) is 125 cm³/mol. The Balaban J connectivity index is 2.17. The number of rotatable bonds is 13. The highest BCUT2D eigenvalue weighted by molar-refractivity contribution is 7.46. The summed E-state index contributed by atoms with van der Waals surface area (Å²) in [4.78, 5) is 41.6. The van der Waals surface area contributed by atoms with Gasteiger partial charge in [0.25, 0.3) is 5.56 Å². The van der Waals surface area contributed by atoms with Crippen LogP contribution in [0.1, 0.15) is 31.6 Å². The molecule has 1 aromatic heterocycles. The molecule has 5 unspecified atom stereocenters. The van der Waals surface area contributed by atoms with Crippen molar-refractivity contribution in [1.82, 2.24) is 14.9 Å². The fourth-order valence-electron chi connectivity index (χ4n) is 3.35. The molecule has 1 aliphatic rings. The van der Waals surface area contributed by atoms with Crippen molar-refractivity contribution in [3.05, 3.63) is 44.0 Å². The summed E-state index contributed by atoms with van der Waals surface area (Å²) in [6.45, 7) is 12.7. The van der Waals surface area contributed by atoms with E-state index < -0.39 is 50.3 Å². The molecule has 0 bridgehead atoms. The van der Waals surface area contributed by atoms with Crippen molar-refractivity contribution in [3.8, 4) is 6.07 Å². The predicted octanol–water partition coefficient (Wildman–Crippen LogP) is 1.44. The fraction of sp³-hybridized carbons (Fsp3) is 0.667. The van der Waals surface area contributed by atoms with Crippen molar-refractivity contribution < 1.29 is 28.1 Å². The van der Waals surface area contributed by atoms with E-state index in [2.05, 4.69) is 15.1 Å². The lowest BCUT2D eigenvalue weighted by molar-refractivity contribution is -0.0682. The van der Waals surface area contributed by atoms with E-state index in [4.69, 9.17) is 35.1 Å². The minimum atomic E-state index is -1.37. The molecule has 1 amide bonds. The first kappa shape index (κ1) is 28.4. The van der Waals surface area contributed by atoms with Crippen molar-refractivity contribution in [3.63, 3.8) is 0 Å². The first-order valence-corrected chi connectivity index (χ1v) is 12.7. The van der Waals surface area contributed by atoms with E-state index in [0.29, 0.717) is 12.0 Å². The van der Waals surface area contributed by atoms with Gasteiger partial charge in [0.15, 0.2) is 14.6 Å². The van der Waals surface area contributed by atoms with Gasteiger partial charge in [-0.2, -0.15) is 5.26 Å². The van der Waals surface area contributed by atoms with Gasteiger partial charge in [0.05, 0.1) is 25.2 Å². The van der Waals surface area contributed by atoms with Crippen LogP contribution in [0.15, 0.2) is 15.8 Å². The molecule has 13 nitrogen and oxygen atoms in total. The molecule has 0 aliphatic carbocycles. The molecular formula is C21H30N5O8P. The van der Waals surface area contributed by atoms with Crippen molar-refractivity contribution in [2.24, 2.45) is 0 Å². The third kappa shape index (κ3) is 8.42. The van der Waals surface area contributed by atoms with E-state index >= 15 is 0 Å². The SMILES string of the molecule is [C-]#[N+]CCOP(C)OC1C(CC)OC(n2cc(C)c(=O)[nH]c2=O)C1OCCNC(=O)OCCC#N. The standard InChI is InChI=1S/C21H30N5O8P/c1-5-15-16(34-35(4)32-12-8-23-3)17(30-11-9-24-21(29)31-10-6-7-22)19(33-15)26-13-14(2)18(27)25-20(26)28/h13,15-17,19H,5-6,8-12H2,1-2,4H3,(H,24,29)(H,25,27,28). The van der Waals surface area contributed by atoms with Crippen LogP contribution in [0, 0.1) is 24.8 Å². The Hall–Kier alpha value is -2.80. The minimum absolute atomic E-state index is 0.0160. The molecule has 0 saturated carbocycles. The fourth-order valence-corrected chi connectivity index (χ4v) is 4.34. The maximum Gasteiger partial charge on any atom is 0.407 e. The Morgan fingerprint density at radius 2 is 2.14 bits per heavy atom. The van der Waals surface area contributed by atoms with Gasteiger partial charge in [-0.25, -0.2) is 16.2 Å². The number of hydrogen-bond acceptors (Lipinski definition) is 9. The zero-order valence-electron chi connectivity index (χ0n) is 19.9. The summed E-state index contributed by atoms with van der Waals surface area (Å²) in [6, 6.07) is 1.88. The molecule has 0 spiro atoms. The lowest BCUT2D eigenvalue weighted by atomic mass is 10.1. The molecule has 1 aliphatic heterocycles. The number of amides is 1. The van der Waals surface area contributed by atoms with E-state index in [1.54, 1.807) is 13.6 Å². The smallest absolute Gasteiger partial charge is 0.407 e. The second-order valence-corrected chi connectivity index (χ2v) is 8.83. The normalized spacial score (nSPS) is 22.2. The van der Waals surface area contributed by atoms with Gasteiger partial charge in [-0.3, -0.25) is 14.3 Å². The van der Waals surface area contributed by atoms with Crippen LogP contribution in [0.2, 0.25) is 0 Å². The zero-order valence-corrected chi connectivity index (χ0v) is 20.8. The number of nitriles is 1. The van der Waals surface area contributed by atoms with Crippen LogP contribution in [-0.4, -0.2) is 73.5 Å². The molecule has 0 radical (unpaired) electrons. The molecule has 192 valence electrons. The molecule has 1 aromatic rings. The van der Waals surface area contributed by atoms with Crippen LogP contribution in [-0.2, 0) is 23.3 Å². The Morgan fingerprint density at radius 3 is 2.83 bits per heavy atom. The van der Waals surface area contributed by atoms with Gasteiger partial charge in [0.1, 0.15) is 25.4 Å². The largest absolute Gasteiger partial charge is 0.448 e. The number of alkyl carbamates (subject to hydrolysis) is 1. The van der Waals surface area contributed by atoms with Crippen LogP contribution < -0.4 is 16.6 Å². The van der Waals surface area contributed by atoms with Crippen LogP contribution in [0.5, 0.6) is 0 Å². The third-order valence-corrected chi connectivity index (χ3v) is 6.07. The quantitative estimate of drug-likeness (QED) is 0.227. The maximum absolute atomic E-state index is 12.6. The topological polar surface area (TPSA) is 158 Å². The van der Waals surface area contributed by atoms with Gasteiger partial charge < -0.3 is 33.4 Å². The van der Waals surface area contributed by atoms with E-state index in [9.17, 15) is 14.4 Å². The average Bonchev–Trinajstić information content (AvgIpc) is 3.16. The summed E-state index contributed by atoms with van der Waals surface area (Å²) in [7, 11) is -1.37. The molecule has 35 heavy (non-hydrogen) atoms. The summed E-state index contributed by atoms with van der Waals surface area (Å²) in [5.41, 5.74) is -0.821. The lowest BCUT2D eigenvalue weighted by Gasteiger charge is -2.27. The number of H-pyrrole nitrogens is 1. The van der Waals surface area contributed by atoms with Gasteiger partial charge >= 0.3 is 11.8 Å². The Morgan fingerprint density at radius 1 is 1.37 bits per heavy atom. The highest BCUT2D eigenvalue weighted by Crippen LogP contribution is 2.43. The number of nitrogens with one attached hydrogen (secondary N) is 2. The lowest BCUT2D eigenvalue weighted by Crippen LogP contribution is -2.41. The molecule has 2 heterocycles. The summed E-state index contributed by atoms with van der Waals surface area (Å²) in [5.74, 6) is 0. The Bertz CT molecular complexity index is 1030. The molecule has 2 rings (SSSR count). The third-order valence-electron chi connectivity index (χ3n) is 4.98.